The Hall–Kier alpha value is -2.86. The van der Waals surface area contributed by atoms with Crippen LogP contribution in [0, 0.1) is 0 Å². The van der Waals surface area contributed by atoms with Crippen molar-refractivity contribution in [3.63, 3.8) is 0 Å². The lowest BCUT2D eigenvalue weighted by Crippen LogP contribution is -2.60. The molecule has 1 saturated heterocycles. The van der Waals surface area contributed by atoms with Gasteiger partial charge in [-0.2, -0.15) is 0 Å². The summed E-state index contributed by atoms with van der Waals surface area (Å²) < 4.78 is 5.19. The average molecular weight is 381 g/mol. The number of rotatable bonds is 7. The molecule has 1 atom stereocenters. The molecule has 1 heterocycles. The molecule has 0 radical (unpaired) electrons. The van der Waals surface area contributed by atoms with Gasteiger partial charge in [-0.1, -0.05) is 60.7 Å². The van der Waals surface area contributed by atoms with Crippen LogP contribution >= 0.6 is 0 Å². The van der Waals surface area contributed by atoms with Gasteiger partial charge in [-0.3, -0.25) is 9.69 Å². The van der Waals surface area contributed by atoms with Crippen LogP contribution in [0.25, 0.3) is 0 Å². The van der Waals surface area contributed by atoms with Crippen molar-refractivity contribution in [3.8, 4) is 0 Å². The lowest BCUT2D eigenvalue weighted by Gasteiger charge is -2.43. The summed E-state index contributed by atoms with van der Waals surface area (Å²) in [5, 5.41) is 0. The van der Waals surface area contributed by atoms with E-state index in [9.17, 15) is 9.59 Å². The Balaban J connectivity index is 1.79. The predicted octanol–water partition coefficient (Wildman–Crippen LogP) is 3.29. The van der Waals surface area contributed by atoms with Crippen LogP contribution in [0.15, 0.2) is 60.7 Å². The van der Waals surface area contributed by atoms with Gasteiger partial charge in [-0.05, 0) is 25.0 Å². The predicted molar refractivity (Wildman–Crippen MR) is 107 cm³/mol. The summed E-state index contributed by atoms with van der Waals surface area (Å²) in [7, 11) is 0. The topological polar surface area (TPSA) is 53.1 Å². The second-order valence-electron chi connectivity index (χ2n) is 6.95. The Kier molecular flexibility index (Phi) is 6.66. The molecule has 2 aromatic carbocycles. The molecular weight excluding hydrogens is 354 g/mol. The molecule has 6 heteroatoms. The molecule has 1 aliphatic rings. The van der Waals surface area contributed by atoms with E-state index in [1.807, 2.05) is 72.5 Å². The number of urea groups is 1. The summed E-state index contributed by atoms with van der Waals surface area (Å²) in [6.45, 7) is 5.74. The van der Waals surface area contributed by atoms with E-state index in [2.05, 4.69) is 0 Å². The van der Waals surface area contributed by atoms with E-state index in [1.165, 1.54) is 0 Å². The number of carbonyl (C=O) groups is 2. The highest BCUT2D eigenvalue weighted by Crippen LogP contribution is 2.19. The highest BCUT2D eigenvalue weighted by Gasteiger charge is 2.35. The summed E-state index contributed by atoms with van der Waals surface area (Å²) in [6, 6.07) is 19.3. The molecule has 0 aromatic heterocycles. The fourth-order valence-electron chi connectivity index (χ4n) is 3.30. The lowest BCUT2D eigenvalue weighted by molar-refractivity contribution is -0.151. The fraction of sp³-hybridized carbons (Fsp3) is 0.364. The third kappa shape index (κ3) is 4.89. The maximum Gasteiger partial charge on any atom is 0.323 e. The van der Waals surface area contributed by atoms with Crippen LogP contribution in [0.4, 0.5) is 4.79 Å². The van der Waals surface area contributed by atoms with E-state index in [1.54, 1.807) is 16.7 Å². The van der Waals surface area contributed by atoms with Crippen LogP contribution in [0.3, 0.4) is 0 Å². The van der Waals surface area contributed by atoms with Gasteiger partial charge in [0, 0.05) is 13.1 Å². The van der Waals surface area contributed by atoms with Crippen molar-refractivity contribution in [2.24, 2.45) is 0 Å². The monoisotopic (exact) mass is 381 g/mol. The molecule has 0 bridgehead atoms. The number of hydrogen-bond acceptors (Lipinski definition) is 4. The standard InChI is InChI=1S/C22H27N3O3/c1-3-28-21(26)18(2)25-16-23(14-19-10-6-4-7-11-19)22(27)24(17-25)15-20-12-8-5-9-13-20/h4-13,18H,3,14-17H2,1-2H3/t18-/m0/s1. The van der Waals surface area contributed by atoms with E-state index in [0.29, 0.717) is 33.0 Å². The Morgan fingerprint density at radius 1 is 0.929 bits per heavy atom. The Labute approximate surface area is 166 Å². The minimum absolute atomic E-state index is 0.0278. The molecule has 0 unspecified atom stereocenters. The first kappa shape index (κ1) is 19.9. The molecule has 0 saturated carbocycles. The molecule has 0 spiro atoms. The normalized spacial score (nSPS) is 16.1. The van der Waals surface area contributed by atoms with Crippen molar-refractivity contribution in [2.45, 2.75) is 33.0 Å². The first-order valence-electron chi connectivity index (χ1n) is 9.61. The van der Waals surface area contributed by atoms with Gasteiger partial charge in [0.15, 0.2) is 0 Å². The molecule has 2 aromatic rings. The number of ether oxygens (including phenoxy) is 1. The van der Waals surface area contributed by atoms with Crippen molar-refractivity contribution < 1.29 is 14.3 Å². The van der Waals surface area contributed by atoms with E-state index < -0.39 is 6.04 Å². The van der Waals surface area contributed by atoms with E-state index >= 15 is 0 Å². The molecule has 3 rings (SSSR count). The van der Waals surface area contributed by atoms with Gasteiger partial charge in [-0.15, -0.1) is 0 Å². The van der Waals surface area contributed by atoms with Crippen LogP contribution in [0.1, 0.15) is 25.0 Å². The highest BCUT2D eigenvalue weighted by molar-refractivity contribution is 5.77. The smallest absolute Gasteiger partial charge is 0.323 e. The van der Waals surface area contributed by atoms with Crippen LogP contribution in [0.2, 0.25) is 0 Å². The zero-order chi connectivity index (χ0) is 19.9. The maximum atomic E-state index is 13.1. The van der Waals surface area contributed by atoms with Crippen molar-refractivity contribution >= 4 is 12.0 Å². The molecule has 1 fully saturated rings. The molecular formula is C22H27N3O3. The Bertz CT molecular complexity index is 729. The van der Waals surface area contributed by atoms with Gasteiger partial charge >= 0.3 is 12.0 Å². The van der Waals surface area contributed by atoms with E-state index in [-0.39, 0.29) is 12.0 Å². The summed E-state index contributed by atoms with van der Waals surface area (Å²) >= 11 is 0. The summed E-state index contributed by atoms with van der Waals surface area (Å²) in [4.78, 5) is 30.9. The van der Waals surface area contributed by atoms with E-state index in [0.717, 1.165) is 11.1 Å². The summed E-state index contributed by atoms with van der Waals surface area (Å²) in [5.41, 5.74) is 2.11. The zero-order valence-corrected chi connectivity index (χ0v) is 16.5. The SMILES string of the molecule is CCOC(=O)[C@H](C)N1CN(Cc2ccccc2)C(=O)N(Cc2ccccc2)C1. The number of amides is 2. The Morgan fingerprint density at radius 3 is 1.82 bits per heavy atom. The molecule has 1 aliphatic heterocycles. The van der Waals surface area contributed by atoms with Gasteiger partial charge in [-0.25, -0.2) is 4.79 Å². The molecule has 148 valence electrons. The minimum atomic E-state index is -0.426. The number of nitrogens with zero attached hydrogens (tertiary/aromatic N) is 3. The van der Waals surface area contributed by atoms with Gasteiger partial charge in [0.25, 0.3) is 0 Å². The number of hydrogen-bond donors (Lipinski definition) is 0. The molecule has 0 N–H and O–H groups in total. The second kappa shape index (κ2) is 9.37. The molecule has 28 heavy (non-hydrogen) atoms. The van der Waals surface area contributed by atoms with Gasteiger partial charge in [0.05, 0.1) is 19.9 Å². The van der Waals surface area contributed by atoms with Crippen molar-refractivity contribution in [3.05, 3.63) is 71.8 Å². The fourth-order valence-corrected chi connectivity index (χ4v) is 3.30. The first-order chi connectivity index (χ1) is 13.6. The second-order valence-corrected chi connectivity index (χ2v) is 6.95. The van der Waals surface area contributed by atoms with Crippen molar-refractivity contribution in [1.82, 2.24) is 14.7 Å². The minimum Gasteiger partial charge on any atom is -0.465 e. The average Bonchev–Trinajstić information content (AvgIpc) is 2.72. The molecule has 2 amide bonds. The number of esters is 1. The lowest BCUT2D eigenvalue weighted by atomic mass is 10.2. The maximum absolute atomic E-state index is 13.1. The van der Waals surface area contributed by atoms with Crippen LogP contribution in [-0.2, 0) is 22.6 Å². The molecule has 6 nitrogen and oxygen atoms in total. The van der Waals surface area contributed by atoms with Crippen molar-refractivity contribution in [1.29, 1.82) is 0 Å². The van der Waals surface area contributed by atoms with Crippen LogP contribution in [-0.4, -0.2) is 52.7 Å². The third-order valence-corrected chi connectivity index (χ3v) is 4.85. The zero-order valence-electron chi connectivity index (χ0n) is 16.5. The largest absolute Gasteiger partial charge is 0.465 e. The van der Waals surface area contributed by atoms with E-state index in [4.69, 9.17) is 4.74 Å². The first-order valence-corrected chi connectivity index (χ1v) is 9.61. The number of carbonyl (C=O) groups excluding carboxylic acids is 2. The molecule has 0 aliphatic carbocycles. The van der Waals surface area contributed by atoms with Gasteiger partial charge < -0.3 is 14.5 Å². The highest BCUT2D eigenvalue weighted by atomic mass is 16.5. The summed E-state index contributed by atoms with van der Waals surface area (Å²) in [5.74, 6) is -0.267. The third-order valence-electron chi connectivity index (χ3n) is 4.85. The van der Waals surface area contributed by atoms with Crippen LogP contribution in [0.5, 0.6) is 0 Å². The Morgan fingerprint density at radius 2 is 1.39 bits per heavy atom. The summed E-state index contributed by atoms with van der Waals surface area (Å²) in [6.07, 6.45) is 0. The van der Waals surface area contributed by atoms with Gasteiger partial charge in [0.2, 0.25) is 0 Å². The van der Waals surface area contributed by atoms with Crippen molar-refractivity contribution in [2.75, 3.05) is 19.9 Å². The van der Waals surface area contributed by atoms with Gasteiger partial charge in [0.1, 0.15) is 6.04 Å². The number of benzene rings is 2. The quantitative estimate of drug-likeness (QED) is 0.691. The van der Waals surface area contributed by atoms with Crippen LogP contribution < -0.4 is 0 Å².